The number of carboxylic acid groups (broad SMARTS) is 1. The highest BCUT2D eigenvalue weighted by molar-refractivity contribution is 7.14. The van der Waals surface area contributed by atoms with Gasteiger partial charge in [0.25, 0.3) is 0 Å². The van der Waals surface area contributed by atoms with E-state index in [1.54, 1.807) is 29.7 Å². The Morgan fingerprint density at radius 2 is 2.04 bits per heavy atom. The molecule has 2 aromatic rings. The first-order chi connectivity index (χ1) is 13.2. The number of nitrogens with zero attached hydrogens (tertiary/aromatic N) is 2. The second kappa shape index (κ2) is 7.79. The lowest BCUT2D eigenvalue weighted by atomic mass is 9.75. The molecular weight excluding hydrogens is 380 g/mol. The van der Waals surface area contributed by atoms with Crippen molar-refractivity contribution in [2.75, 3.05) is 26.8 Å². The Hall–Kier alpha value is -2.61. The third-order valence-electron chi connectivity index (χ3n) is 5.06. The highest BCUT2D eigenvalue weighted by Gasteiger charge is 2.41. The molecule has 3 rings (SSSR count). The van der Waals surface area contributed by atoms with E-state index in [0.29, 0.717) is 31.0 Å². The average Bonchev–Trinajstić information content (AvgIpc) is 3.03. The van der Waals surface area contributed by atoms with Crippen molar-refractivity contribution in [3.63, 3.8) is 0 Å². The number of likely N-dealkylation sites (tertiary alicyclic amines) is 1. The number of esters is 1. The molecule has 2 heterocycles. The van der Waals surface area contributed by atoms with Gasteiger partial charge in [0, 0.05) is 41.1 Å². The predicted octanol–water partition coefficient (Wildman–Crippen LogP) is 3.92. The molecule has 1 aromatic carbocycles. The summed E-state index contributed by atoms with van der Waals surface area (Å²) in [6.07, 6.45) is 0.904. The van der Waals surface area contributed by atoms with Gasteiger partial charge in [-0.2, -0.15) is 0 Å². The van der Waals surface area contributed by atoms with Crippen molar-refractivity contribution >= 4 is 23.4 Å². The van der Waals surface area contributed by atoms with Crippen LogP contribution in [0.4, 0.5) is 4.79 Å². The normalized spacial score (nSPS) is 14.5. The minimum atomic E-state index is -0.887. The Balaban J connectivity index is 1.77. The number of amides is 1. The molecular formula is C20H24N2O5S. The number of methoxy groups -OCH3 is 1. The van der Waals surface area contributed by atoms with Crippen LogP contribution in [0.1, 0.15) is 29.1 Å². The third-order valence-corrected chi connectivity index (χ3v) is 6.03. The number of carbonyl (C=O) groups excluding carboxylic acids is 1. The van der Waals surface area contributed by atoms with Gasteiger partial charge >= 0.3 is 12.1 Å². The van der Waals surface area contributed by atoms with Gasteiger partial charge in [-0.05, 0) is 25.1 Å². The van der Waals surface area contributed by atoms with Gasteiger partial charge in [-0.25, -0.2) is 14.6 Å². The van der Waals surface area contributed by atoms with Crippen molar-refractivity contribution < 1.29 is 24.2 Å². The van der Waals surface area contributed by atoms with E-state index in [0.717, 1.165) is 15.4 Å². The summed E-state index contributed by atoms with van der Waals surface area (Å²) < 4.78 is 10.9. The number of benzene rings is 1. The number of hydrogen-bond acceptors (Lipinski definition) is 6. The summed E-state index contributed by atoms with van der Waals surface area (Å²) in [4.78, 5) is 29.9. The van der Waals surface area contributed by atoms with Gasteiger partial charge in [-0.1, -0.05) is 13.8 Å². The fraction of sp³-hybridized carbons (Fsp3) is 0.450. The topological polar surface area (TPSA) is 89.0 Å². The van der Waals surface area contributed by atoms with Crippen molar-refractivity contribution in [1.82, 2.24) is 9.88 Å². The summed E-state index contributed by atoms with van der Waals surface area (Å²) in [6.45, 7) is 7.53. The van der Waals surface area contributed by atoms with Gasteiger partial charge in [0.15, 0.2) is 0 Å². The number of aromatic nitrogens is 1. The zero-order valence-electron chi connectivity index (χ0n) is 16.4. The van der Waals surface area contributed by atoms with Crippen LogP contribution in [-0.2, 0) is 4.74 Å². The average molecular weight is 404 g/mol. The van der Waals surface area contributed by atoms with Crippen LogP contribution in [-0.4, -0.2) is 53.9 Å². The van der Waals surface area contributed by atoms with E-state index in [1.165, 1.54) is 12.0 Å². The number of ether oxygens (including phenoxy) is 2. The van der Waals surface area contributed by atoms with E-state index in [-0.39, 0.29) is 11.3 Å². The molecule has 8 heteroatoms. The first-order valence-corrected chi connectivity index (χ1v) is 9.78. The molecule has 1 N–H and O–H groups in total. The van der Waals surface area contributed by atoms with Gasteiger partial charge in [0.05, 0.1) is 19.3 Å². The Morgan fingerprint density at radius 1 is 1.32 bits per heavy atom. The maximum Gasteiger partial charge on any atom is 0.407 e. The summed E-state index contributed by atoms with van der Waals surface area (Å²) >= 11 is 1.54. The van der Waals surface area contributed by atoms with Crippen molar-refractivity contribution in [2.45, 2.75) is 20.8 Å². The molecule has 0 atom stereocenters. The highest BCUT2D eigenvalue weighted by atomic mass is 32.1. The summed E-state index contributed by atoms with van der Waals surface area (Å²) in [5, 5.41) is 9.83. The van der Waals surface area contributed by atoms with E-state index in [4.69, 9.17) is 14.6 Å². The Bertz CT molecular complexity index is 886. The molecule has 0 radical (unpaired) electrons. The minimum Gasteiger partial charge on any atom is -0.493 e. The van der Waals surface area contributed by atoms with Crippen LogP contribution in [0.3, 0.4) is 0 Å². The first-order valence-electron chi connectivity index (χ1n) is 8.96. The van der Waals surface area contributed by atoms with Gasteiger partial charge in [0.1, 0.15) is 10.8 Å². The highest BCUT2D eigenvalue weighted by Crippen LogP contribution is 2.36. The number of thiazole rings is 1. The molecule has 1 aliphatic heterocycles. The second-order valence-corrected chi connectivity index (χ2v) is 8.91. The molecule has 1 aliphatic rings. The monoisotopic (exact) mass is 404 g/mol. The van der Waals surface area contributed by atoms with Crippen LogP contribution in [0.2, 0.25) is 0 Å². The largest absolute Gasteiger partial charge is 0.493 e. The number of aryl methyl sites for hydroxylation is 1. The minimum absolute atomic E-state index is 0.203. The number of hydrogen-bond donors (Lipinski definition) is 1. The standard InChI is InChI=1S/C20H24N2O5S/c1-12-8-21-17(28-12)13-5-14(18(23)26-4)7-16(6-13)27-11-20(2,3)15-9-22(10-15)19(24)25/h5-8,15H,9-11H2,1-4H3,(H,24,25). The van der Waals surface area contributed by atoms with E-state index < -0.39 is 12.1 Å². The molecule has 0 aliphatic carbocycles. The fourth-order valence-electron chi connectivity index (χ4n) is 3.05. The van der Waals surface area contributed by atoms with Gasteiger partial charge in [-0.15, -0.1) is 11.3 Å². The smallest absolute Gasteiger partial charge is 0.407 e. The van der Waals surface area contributed by atoms with Crippen LogP contribution < -0.4 is 4.74 Å². The van der Waals surface area contributed by atoms with Crippen LogP contribution in [0.25, 0.3) is 10.6 Å². The number of rotatable bonds is 6. The Kier molecular flexibility index (Phi) is 5.60. The maximum atomic E-state index is 12.1. The molecule has 0 spiro atoms. The predicted molar refractivity (Wildman–Crippen MR) is 106 cm³/mol. The van der Waals surface area contributed by atoms with Crippen molar-refractivity contribution in [3.8, 4) is 16.3 Å². The first kappa shape index (κ1) is 20.1. The molecule has 28 heavy (non-hydrogen) atoms. The van der Waals surface area contributed by atoms with Crippen LogP contribution in [0, 0.1) is 18.3 Å². The van der Waals surface area contributed by atoms with Crippen LogP contribution in [0.5, 0.6) is 5.75 Å². The van der Waals surface area contributed by atoms with Gasteiger partial charge in [-0.3, -0.25) is 0 Å². The molecule has 7 nitrogen and oxygen atoms in total. The van der Waals surface area contributed by atoms with E-state index in [9.17, 15) is 9.59 Å². The zero-order chi connectivity index (χ0) is 20.5. The molecule has 150 valence electrons. The van der Waals surface area contributed by atoms with Crippen LogP contribution in [0.15, 0.2) is 24.4 Å². The molecule has 0 saturated carbocycles. The quantitative estimate of drug-likeness (QED) is 0.734. The maximum absolute atomic E-state index is 12.1. The van der Waals surface area contributed by atoms with Crippen molar-refractivity contribution in [3.05, 3.63) is 34.8 Å². The lowest BCUT2D eigenvalue weighted by molar-refractivity contribution is -0.000691. The van der Waals surface area contributed by atoms with Crippen molar-refractivity contribution in [2.24, 2.45) is 11.3 Å². The second-order valence-electron chi connectivity index (χ2n) is 7.68. The zero-order valence-corrected chi connectivity index (χ0v) is 17.2. The molecule has 0 bridgehead atoms. The molecule has 0 unspecified atom stereocenters. The lowest BCUT2D eigenvalue weighted by Gasteiger charge is -2.46. The summed E-state index contributed by atoms with van der Waals surface area (Å²) in [6, 6.07) is 5.28. The summed E-state index contributed by atoms with van der Waals surface area (Å²) in [5.74, 6) is 0.358. The Morgan fingerprint density at radius 3 is 2.61 bits per heavy atom. The lowest BCUT2D eigenvalue weighted by Crippen LogP contribution is -2.56. The summed E-state index contributed by atoms with van der Waals surface area (Å²) in [7, 11) is 1.34. The van der Waals surface area contributed by atoms with E-state index >= 15 is 0 Å². The molecule has 1 amide bonds. The van der Waals surface area contributed by atoms with E-state index in [1.807, 2.05) is 13.0 Å². The third kappa shape index (κ3) is 4.27. The summed E-state index contributed by atoms with van der Waals surface area (Å²) in [5.41, 5.74) is 1.00. The van der Waals surface area contributed by atoms with Gasteiger partial charge < -0.3 is 19.5 Å². The van der Waals surface area contributed by atoms with Crippen molar-refractivity contribution in [1.29, 1.82) is 0 Å². The van der Waals surface area contributed by atoms with E-state index in [2.05, 4.69) is 18.8 Å². The number of carbonyl (C=O) groups is 2. The fourth-order valence-corrected chi connectivity index (χ4v) is 3.80. The van der Waals surface area contributed by atoms with Crippen LogP contribution >= 0.6 is 11.3 Å². The molecule has 1 saturated heterocycles. The van der Waals surface area contributed by atoms with Gasteiger partial charge in [0.2, 0.25) is 0 Å². The molecule has 1 fully saturated rings. The Labute approximate surface area is 167 Å². The SMILES string of the molecule is COC(=O)c1cc(OCC(C)(C)C2CN(C(=O)O)C2)cc(-c2ncc(C)s2)c1. The molecule has 1 aromatic heterocycles.